The third-order valence-electron chi connectivity index (χ3n) is 2.75. The summed E-state index contributed by atoms with van der Waals surface area (Å²) in [5.41, 5.74) is -0.942. The molecule has 0 aliphatic carbocycles. The van der Waals surface area contributed by atoms with E-state index in [1.54, 1.807) is 20.8 Å². The van der Waals surface area contributed by atoms with Crippen LogP contribution in [0, 0.1) is 5.41 Å². The van der Waals surface area contributed by atoms with Crippen LogP contribution in [-0.2, 0) is 0 Å². The van der Waals surface area contributed by atoms with Crippen LogP contribution < -0.4 is 5.32 Å². The van der Waals surface area contributed by atoms with E-state index >= 15 is 0 Å². The van der Waals surface area contributed by atoms with Gasteiger partial charge in [-0.2, -0.15) is 0 Å². The monoisotopic (exact) mass is 227 g/mol. The van der Waals surface area contributed by atoms with Crippen molar-refractivity contribution in [3.8, 4) is 0 Å². The van der Waals surface area contributed by atoms with Crippen molar-refractivity contribution in [2.45, 2.75) is 52.0 Å². The van der Waals surface area contributed by atoms with Gasteiger partial charge in [-0.3, -0.25) is 0 Å². The lowest BCUT2D eigenvalue weighted by atomic mass is 9.81. The van der Waals surface area contributed by atoms with Gasteiger partial charge in [-0.05, 0) is 19.4 Å². The van der Waals surface area contributed by atoms with E-state index in [0.717, 1.165) is 19.4 Å². The molecule has 0 radical (unpaired) electrons. The molecule has 1 aliphatic heterocycles. The number of halogens is 3. The van der Waals surface area contributed by atoms with Gasteiger partial charge in [-0.25, -0.2) is 8.78 Å². The van der Waals surface area contributed by atoms with Crippen LogP contribution >= 0.6 is 12.4 Å². The SMILES string of the molecule is CC(C)(C)C(F)(F)C1CCCCN1.Cl. The molecule has 1 nitrogen and oxygen atoms in total. The molecule has 14 heavy (non-hydrogen) atoms. The van der Waals surface area contributed by atoms with Crippen LogP contribution in [0.2, 0.25) is 0 Å². The third-order valence-corrected chi connectivity index (χ3v) is 2.75. The lowest BCUT2D eigenvalue weighted by Crippen LogP contribution is -2.54. The molecule has 0 aromatic rings. The molecule has 1 rings (SSSR count). The van der Waals surface area contributed by atoms with Crippen LogP contribution in [-0.4, -0.2) is 18.5 Å². The zero-order valence-electron chi connectivity index (χ0n) is 9.07. The second kappa shape index (κ2) is 4.75. The Labute approximate surface area is 91.1 Å². The van der Waals surface area contributed by atoms with Crippen LogP contribution in [0.15, 0.2) is 0 Å². The van der Waals surface area contributed by atoms with Gasteiger partial charge in [0.05, 0.1) is 6.04 Å². The second-order valence-electron chi connectivity index (χ2n) is 4.88. The lowest BCUT2D eigenvalue weighted by molar-refractivity contribution is -0.129. The van der Waals surface area contributed by atoms with Crippen LogP contribution in [0.1, 0.15) is 40.0 Å². The Morgan fingerprint density at radius 1 is 1.14 bits per heavy atom. The Morgan fingerprint density at radius 3 is 2.07 bits per heavy atom. The van der Waals surface area contributed by atoms with Crippen molar-refractivity contribution in [3.05, 3.63) is 0 Å². The van der Waals surface area contributed by atoms with E-state index in [0.29, 0.717) is 6.42 Å². The Balaban J connectivity index is 0.00000169. The van der Waals surface area contributed by atoms with Gasteiger partial charge in [0.15, 0.2) is 0 Å². The fourth-order valence-corrected chi connectivity index (χ4v) is 1.68. The molecule has 0 amide bonds. The first-order chi connectivity index (χ1) is 5.86. The first kappa shape index (κ1) is 14.1. The predicted octanol–water partition coefficient (Wildman–Crippen LogP) is 3.23. The number of hydrogen-bond acceptors (Lipinski definition) is 1. The molecule has 0 saturated carbocycles. The van der Waals surface area contributed by atoms with Crippen molar-refractivity contribution in [1.82, 2.24) is 5.32 Å². The van der Waals surface area contributed by atoms with Crippen molar-refractivity contribution >= 4 is 12.4 Å². The summed E-state index contributed by atoms with van der Waals surface area (Å²) in [6, 6.07) is -0.624. The molecule has 1 atom stereocenters. The van der Waals surface area contributed by atoms with E-state index in [-0.39, 0.29) is 12.4 Å². The summed E-state index contributed by atoms with van der Waals surface area (Å²) in [4.78, 5) is 0. The molecule has 1 saturated heterocycles. The van der Waals surface area contributed by atoms with Crippen molar-refractivity contribution < 1.29 is 8.78 Å². The van der Waals surface area contributed by atoms with Gasteiger partial charge in [-0.1, -0.05) is 27.2 Å². The van der Waals surface area contributed by atoms with E-state index in [4.69, 9.17) is 0 Å². The molecule has 1 unspecified atom stereocenters. The number of piperidine rings is 1. The molecule has 4 heteroatoms. The Hall–Kier alpha value is 0.110. The smallest absolute Gasteiger partial charge is 0.267 e. The van der Waals surface area contributed by atoms with Gasteiger partial charge in [-0.15, -0.1) is 12.4 Å². The maximum Gasteiger partial charge on any atom is 0.267 e. The Kier molecular flexibility index (Phi) is 4.79. The largest absolute Gasteiger partial charge is 0.309 e. The van der Waals surface area contributed by atoms with E-state index in [1.165, 1.54) is 0 Å². The first-order valence-corrected chi connectivity index (χ1v) is 4.97. The average molecular weight is 228 g/mol. The summed E-state index contributed by atoms with van der Waals surface area (Å²) >= 11 is 0. The van der Waals surface area contributed by atoms with Gasteiger partial charge in [0.2, 0.25) is 0 Å². The molecule has 0 bridgehead atoms. The van der Waals surface area contributed by atoms with Crippen LogP contribution in [0.5, 0.6) is 0 Å². The third kappa shape index (κ3) is 2.80. The highest BCUT2D eigenvalue weighted by atomic mass is 35.5. The van der Waals surface area contributed by atoms with Crippen LogP contribution in [0.3, 0.4) is 0 Å². The van der Waals surface area contributed by atoms with Crippen LogP contribution in [0.4, 0.5) is 8.78 Å². The van der Waals surface area contributed by atoms with E-state index < -0.39 is 17.4 Å². The molecule has 0 spiro atoms. The summed E-state index contributed by atoms with van der Waals surface area (Å²) in [5, 5.41) is 2.92. The van der Waals surface area contributed by atoms with Gasteiger partial charge in [0.1, 0.15) is 0 Å². The molecule has 0 aromatic heterocycles. The molecule has 1 fully saturated rings. The lowest BCUT2D eigenvalue weighted by Gasteiger charge is -2.39. The average Bonchev–Trinajstić information content (AvgIpc) is 2.04. The normalized spacial score (nSPS) is 24.2. The highest BCUT2D eigenvalue weighted by molar-refractivity contribution is 5.85. The van der Waals surface area contributed by atoms with Gasteiger partial charge >= 0.3 is 0 Å². The standard InChI is InChI=1S/C10H19F2N.ClH/c1-9(2,3)10(11,12)8-6-4-5-7-13-8;/h8,13H,4-7H2,1-3H3;1H. The number of hydrogen-bond donors (Lipinski definition) is 1. The quantitative estimate of drug-likeness (QED) is 0.725. The summed E-state index contributed by atoms with van der Waals surface area (Å²) in [6.07, 6.45) is 2.55. The highest BCUT2D eigenvalue weighted by Crippen LogP contribution is 2.40. The maximum atomic E-state index is 13.8. The Bertz CT molecular complexity index is 171. The van der Waals surface area contributed by atoms with E-state index in [2.05, 4.69) is 5.32 Å². The number of alkyl halides is 2. The number of rotatable bonds is 1. The van der Waals surface area contributed by atoms with Gasteiger partial charge in [0, 0.05) is 5.41 Å². The minimum absolute atomic E-state index is 0. The van der Waals surface area contributed by atoms with Crippen molar-refractivity contribution in [1.29, 1.82) is 0 Å². The topological polar surface area (TPSA) is 12.0 Å². The summed E-state index contributed by atoms with van der Waals surface area (Å²) in [5.74, 6) is -2.60. The molecule has 1 N–H and O–H groups in total. The fraction of sp³-hybridized carbons (Fsp3) is 1.00. The van der Waals surface area contributed by atoms with Crippen molar-refractivity contribution in [3.63, 3.8) is 0 Å². The van der Waals surface area contributed by atoms with Crippen molar-refractivity contribution in [2.24, 2.45) is 5.41 Å². The fourth-order valence-electron chi connectivity index (χ4n) is 1.68. The zero-order valence-corrected chi connectivity index (χ0v) is 9.89. The minimum atomic E-state index is -2.60. The zero-order chi connectivity index (χ0) is 10.1. The summed E-state index contributed by atoms with van der Waals surface area (Å²) in [7, 11) is 0. The minimum Gasteiger partial charge on any atom is -0.309 e. The molecule has 1 heterocycles. The Morgan fingerprint density at radius 2 is 1.71 bits per heavy atom. The molecular formula is C10H20ClF2N. The molecular weight excluding hydrogens is 208 g/mol. The summed E-state index contributed by atoms with van der Waals surface area (Å²) < 4.78 is 27.5. The van der Waals surface area contributed by atoms with Crippen LogP contribution in [0.25, 0.3) is 0 Å². The highest BCUT2D eigenvalue weighted by Gasteiger charge is 2.49. The van der Waals surface area contributed by atoms with E-state index in [9.17, 15) is 8.78 Å². The second-order valence-corrected chi connectivity index (χ2v) is 4.88. The van der Waals surface area contributed by atoms with Gasteiger partial charge in [0.25, 0.3) is 5.92 Å². The van der Waals surface area contributed by atoms with Gasteiger partial charge < -0.3 is 5.32 Å². The molecule has 86 valence electrons. The predicted molar refractivity (Wildman–Crippen MR) is 57.3 cm³/mol. The number of nitrogens with one attached hydrogen (secondary N) is 1. The first-order valence-electron chi connectivity index (χ1n) is 4.97. The summed E-state index contributed by atoms with van der Waals surface area (Å²) in [6.45, 7) is 5.53. The maximum absolute atomic E-state index is 13.8. The molecule has 0 aromatic carbocycles. The van der Waals surface area contributed by atoms with E-state index in [1.807, 2.05) is 0 Å². The van der Waals surface area contributed by atoms with Crippen molar-refractivity contribution in [2.75, 3.05) is 6.54 Å². The molecule has 1 aliphatic rings.